The average Bonchev–Trinajstić information content (AvgIpc) is 2.61. The van der Waals surface area contributed by atoms with Crippen LogP contribution in [0.2, 0.25) is 0 Å². The molecule has 0 spiro atoms. The van der Waals surface area contributed by atoms with E-state index in [1.54, 1.807) is 28.3 Å². The van der Waals surface area contributed by atoms with Crippen LogP contribution in [0.25, 0.3) is 0 Å². The number of ether oxygens (including phenoxy) is 1. The van der Waals surface area contributed by atoms with E-state index in [0.717, 1.165) is 36.8 Å². The monoisotopic (exact) mass is 352 g/mol. The molecule has 0 aliphatic carbocycles. The van der Waals surface area contributed by atoms with Gasteiger partial charge in [-0.05, 0) is 49.4 Å². The first-order valence-electron chi connectivity index (χ1n) is 8.56. The van der Waals surface area contributed by atoms with E-state index in [0.29, 0.717) is 37.7 Å². The SMILES string of the molecule is CCOC(=O)N1CCc2ccc(S(=O)(=O)N3CCCCC3)cc2C1. The number of carbonyl (C=O) groups is 1. The summed E-state index contributed by atoms with van der Waals surface area (Å²) in [7, 11) is -3.44. The average molecular weight is 352 g/mol. The standard InChI is InChI=1S/C17H24N2O4S/c1-2-23-17(20)18-11-8-14-6-7-16(12-15(14)13-18)24(21,22)19-9-4-3-5-10-19/h6-7,12H,2-5,8-11,13H2,1H3. The zero-order valence-corrected chi connectivity index (χ0v) is 14.8. The minimum Gasteiger partial charge on any atom is -0.450 e. The third-order valence-corrected chi connectivity index (χ3v) is 6.56. The lowest BCUT2D eigenvalue weighted by Crippen LogP contribution is -2.37. The highest BCUT2D eigenvalue weighted by Gasteiger charge is 2.28. The molecule has 24 heavy (non-hydrogen) atoms. The first-order valence-corrected chi connectivity index (χ1v) is 10.00. The molecule has 1 amide bonds. The van der Waals surface area contributed by atoms with Crippen LogP contribution in [0, 0.1) is 0 Å². The summed E-state index contributed by atoms with van der Waals surface area (Å²) in [4.78, 5) is 13.9. The van der Waals surface area contributed by atoms with E-state index in [4.69, 9.17) is 4.74 Å². The Kier molecular flexibility index (Phi) is 5.10. The van der Waals surface area contributed by atoms with Crippen molar-refractivity contribution in [1.29, 1.82) is 0 Å². The van der Waals surface area contributed by atoms with E-state index in [1.165, 1.54) is 0 Å². The van der Waals surface area contributed by atoms with Gasteiger partial charge in [0.1, 0.15) is 0 Å². The number of piperidine rings is 1. The number of fused-ring (bicyclic) bond motifs is 1. The lowest BCUT2D eigenvalue weighted by molar-refractivity contribution is 0.102. The predicted molar refractivity (Wildman–Crippen MR) is 90.2 cm³/mol. The number of carbonyl (C=O) groups excluding carboxylic acids is 1. The maximum atomic E-state index is 12.8. The molecular formula is C17H24N2O4S. The molecule has 0 atom stereocenters. The largest absolute Gasteiger partial charge is 0.450 e. The molecule has 1 aromatic carbocycles. The molecule has 3 rings (SSSR count). The Balaban J connectivity index is 1.83. The van der Waals surface area contributed by atoms with Crippen molar-refractivity contribution >= 4 is 16.1 Å². The molecule has 1 saturated heterocycles. The Hall–Kier alpha value is -1.60. The van der Waals surface area contributed by atoms with Gasteiger partial charge in [-0.15, -0.1) is 0 Å². The van der Waals surface area contributed by atoms with Crippen LogP contribution in [0.5, 0.6) is 0 Å². The Morgan fingerprint density at radius 3 is 2.58 bits per heavy atom. The van der Waals surface area contributed by atoms with Crippen molar-refractivity contribution in [2.45, 2.75) is 44.0 Å². The second-order valence-electron chi connectivity index (χ2n) is 6.27. The van der Waals surface area contributed by atoms with Gasteiger partial charge in [0, 0.05) is 26.2 Å². The van der Waals surface area contributed by atoms with Gasteiger partial charge < -0.3 is 9.64 Å². The van der Waals surface area contributed by atoms with E-state index < -0.39 is 10.0 Å². The molecule has 2 aliphatic rings. The van der Waals surface area contributed by atoms with Crippen LogP contribution in [-0.2, 0) is 27.7 Å². The highest BCUT2D eigenvalue weighted by Crippen LogP contribution is 2.26. The Labute approximate surface area is 143 Å². The van der Waals surface area contributed by atoms with E-state index in [1.807, 2.05) is 6.07 Å². The highest BCUT2D eigenvalue weighted by molar-refractivity contribution is 7.89. The normalized spacial score (nSPS) is 19.0. The molecule has 132 valence electrons. The van der Waals surface area contributed by atoms with Crippen LogP contribution >= 0.6 is 0 Å². The van der Waals surface area contributed by atoms with Crippen molar-refractivity contribution in [3.63, 3.8) is 0 Å². The third kappa shape index (κ3) is 3.42. The number of amides is 1. The van der Waals surface area contributed by atoms with Crippen molar-refractivity contribution in [3.8, 4) is 0 Å². The van der Waals surface area contributed by atoms with Crippen LogP contribution < -0.4 is 0 Å². The number of benzene rings is 1. The van der Waals surface area contributed by atoms with E-state index >= 15 is 0 Å². The minimum atomic E-state index is -3.44. The van der Waals surface area contributed by atoms with Crippen LogP contribution in [-0.4, -0.2) is 50.0 Å². The number of rotatable bonds is 3. The molecule has 7 heteroatoms. The first kappa shape index (κ1) is 17.2. The molecule has 6 nitrogen and oxygen atoms in total. The van der Waals surface area contributed by atoms with E-state index in [9.17, 15) is 13.2 Å². The van der Waals surface area contributed by atoms with Crippen molar-refractivity contribution in [1.82, 2.24) is 9.21 Å². The number of sulfonamides is 1. The maximum absolute atomic E-state index is 12.8. The number of hydrogen-bond acceptors (Lipinski definition) is 4. The topological polar surface area (TPSA) is 66.9 Å². The summed E-state index contributed by atoms with van der Waals surface area (Å²) in [6, 6.07) is 5.31. The second-order valence-corrected chi connectivity index (χ2v) is 8.20. The van der Waals surface area contributed by atoms with Crippen LogP contribution in [0.1, 0.15) is 37.3 Å². The maximum Gasteiger partial charge on any atom is 0.410 e. The smallest absolute Gasteiger partial charge is 0.410 e. The van der Waals surface area contributed by atoms with E-state index in [2.05, 4.69) is 0 Å². The molecule has 0 N–H and O–H groups in total. The molecule has 2 aliphatic heterocycles. The van der Waals surface area contributed by atoms with Crippen molar-refractivity contribution in [3.05, 3.63) is 29.3 Å². The summed E-state index contributed by atoms with van der Waals surface area (Å²) < 4.78 is 32.2. The number of nitrogens with zero attached hydrogens (tertiary/aromatic N) is 2. The quantitative estimate of drug-likeness (QED) is 0.838. The van der Waals surface area contributed by atoms with Gasteiger partial charge in [-0.1, -0.05) is 12.5 Å². The molecule has 0 bridgehead atoms. The molecule has 0 unspecified atom stereocenters. The zero-order chi connectivity index (χ0) is 17.2. The molecular weight excluding hydrogens is 328 g/mol. The fourth-order valence-corrected chi connectivity index (χ4v) is 4.89. The molecule has 0 saturated carbocycles. The predicted octanol–water partition coefficient (Wildman–Crippen LogP) is 2.38. The Morgan fingerprint density at radius 2 is 1.88 bits per heavy atom. The molecule has 0 aromatic heterocycles. The molecule has 1 aromatic rings. The van der Waals surface area contributed by atoms with Gasteiger partial charge >= 0.3 is 6.09 Å². The van der Waals surface area contributed by atoms with Gasteiger partial charge in [-0.3, -0.25) is 0 Å². The van der Waals surface area contributed by atoms with Gasteiger partial charge in [0.15, 0.2) is 0 Å². The summed E-state index contributed by atoms with van der Waals surface area (Å²) in [5, 5.41) is 0. The van der Waals surface area contributed by atoms with Crippen molar-refractivity contribution < 1.29 is 17.9 Å². The third-order valence-electron chi connectivity index (χ3n) is 4.67. The fourth-order valence-electron chi connectivity index (χ4n) is 3.32. The van der Waals surface area contributed by atoms with E-state index in [-0.39, 0.29) is 6.09 Å². The van der Waals surface area contributed by atoms with Crippen LogP contribution in [0.3, 0.4) is 0 Å². The Morgan fingerprint density at radius 1 is 1.12 bits per heavy atom. The fraction of sp³-hybridized carbons (Fsp3) is 0.588. The van der Waals surface area contributed by atoms with Crippen molar-refractivity contribution in [2.24, 2.45) is 0 Å². The van der Waals surface area contributed by atoms with Gasteiger partial charge in [0.25, 0.3) is 0 Å². The number of hydrogen-bond donors (Lipinski definition) is 0. The zero-order valence-electron chi connectivity index (χ0n) is 14.0. The van der Waals surface area contributed by atoms with Crippen molar-refractivity contribution in [2.75, 3.05) is 26.2 Å². The summed E-state index contributed by atoms with van der Waals surface area (Å²) in [5.41, 5.74) is 2.00. The first-order chi connectivity index (χ1) is 11.5. The van der Waals surface area contributed by atoms with Crippen LogP contribution in [0.15, 0.2) is 23.1 Å². The summed E-state index contributed by atoms with van der Waals surface area (Å²) in [6.07, 6.45) is 3.30. The van der Waals surface area contributed by atoms with Gasteiger partial charge in [0.05, 0.1) is 11.5 Å². The molecule has 2 heterocycles. The van der Waals surface area contributed by atoms with Crippen LogP contribution in [0.4, 0.5) is 4.79 Å². The highest BCUT2D eigenvalue weighted by atomic mass is 32.2. The lowest BCUT2D eigenvalue weighted by atomic mass is 10.0. The summed E-state index contributed by atoms with van der Waals surface area (Å²) in [5.74, 6) is 0. The molecule has 0 radical (unpaired) electrons. The molecule has 1 fully saturated rings. The Bertz CT molecular complexity index is 711. The van der Waals surface area contributed by atoms with Gasteiger partial charge in [-0.2, -0.15) is 4.31 Å². The van der Waals surface area contributed by atoms with Gasteiger partial charge in [0.2, 0.25) is 10.0 Å². The summed E-state index contributed by atoms with van der Waals surface area (Å²) >= 11 is 0. The summed E-state index contributed by atoms with van der Waals surface area (Å²) in [6.45, 7) is 4.30. The second kappa shape index (κ2) is 7.11. The van der Waals surface area contributed by atoms with Gasteiger partial charge in [-0.25, -0.2) is 13.2 Å². The lowest BCUT2D eigenvalue weighted by Gasteiger charge is -2.29. The minimum absolute atomic E-state index is 0.328.